The van der Waals surface area contributed by atoms with Crippen LogP contribution in [-0.2, 0) is 11.3 Å². The van der Waals surface area contributed by atoms with Gasteiger partial charge < -0.3 is 10.1 Å². The van der Waals surface area contributed by atoms with Crippen LogP contribution < -0.4 is 5.32 Å². The van der Waals surface area contributed by atoms with Crippen LogP contribution in [0.4, 0.5) is 5.82 Å². The highest BCUT2D eigenvalue weighted by atomic mass is 16.5. The number of esters is 1. The smallest absolute Gasteiger partial charge is 0.338 e. The van der Waals surface area contributed by atoms with Gasteiger partial charge in [-0.25, -0.2) is 9.78 Å². The van der Waals surface area contributed by atoms with Crippen molar-refractivity contribution in [3.8, 4) is 11.1 Å². The molecule has 0 radical (unpaired) electrons. The quantitative estimate of drug-likeness (QED) is 0.224. The summed E-state index contributed by atoms with van der Waals surface area (Å²) in [5.41, 5.74) is 6.66. The average molecular weight is 515 g/mol. The lowest BCUT2D eigenvalue weighted by molar-refractivity contribution is 0.0473. The lowest BCUT2D eigenvalue weighted by Gasteiger charge is -2.19. The van der Waals surface area contributed by atoms with Gasteiger partial charge in [-0.05, 0) is 71.0 Å². The monoisotopic (exact) mass is 514 g/mol. The molecule has 0 unspecified atom stereocenters. The number of fused-ring (bicyclic) bond motifs is 1. The number of anilines is 1. The second-order valence-electron chi connectivity index (χ2n) is 9.86. The second-order valence-corrected chi connectivity index (χ2v) is 9.86. The van der Waals surface area contributed by atoms with Crippen LogP contribution in [0.5, 0.6) is 0 Å². The lowest BCUT2D eigenvalue weighted by Crippen LogP contribution is -2.18. The molecule has 0 aliphatic heterocycles. The Hall–Kier alpha value is -4.77. The molecule has 5 heteroatoms. The van der Waals surface area contributed by atoms with E-state index in [2.05, 4.69) is 30.2 Å². The maximum Gasteiger partial charge on any atom is 0.338 e. The zero-order valence-electron chi connectivity index (χ0n) is 22.3. The molecular formula is C34H30N2O3. The minimum absolute atomic E-state index is 0.165. The van der Waals surface area contributed by atoms with E-state index in [1.165, 1.54) is 0 Å². The Morgan fingerprint density at radius 3 is 2.28 bits per heavy atom. The van der Waals surface area contributed by atoms with Crippen LogP contribution in [0.25, 0.3) is 22.0 Å². The Labute approximate surface area is 228 Å². The topological polar surface area (TPSA) is 68.3 Å². The Kier molecular flexibility index (Phi) is 7.50. The van der Waals surface area contributed by atoms with E-state index >= 15 is 0 Å². The maximum atomic E-state index is 13.7. The predicted molar refractivity (Wildman–Crippen MR) is 156 cm³/mol. The van der Waals surface area contributed by atoms with Crippen molar-refractivity contribution in [1.29, 1.82) is 0 Å². The van der Waals surface area contributed by atoms with Gasteiger partial charge in [0, 0.05) is 5.39 Å². The largest absolute Gasteiger partial charge is 0.457 e. The summed E-state index contributed by atoms with van der Waals surface area (Å²) in [6.45, 7) is 6.42. The molecule has 1 amide bonds. The number of carbonyl (C=O) groups is 2. The van der Waals surface area contributed by atoms with Crippen molar-refractivity contribution >= 4 is 28.6 Å². The molecule has 0 saturated heterocycles. The van der Waals surface area contributed by atoms with Gasteiger partial charge >= 0.3 is 5.97 Å². The molecule has 4 aromatic carbocycles. The number of aromatic nitrogens is 1. The molecule has 1 aromatic heterocycles. The number of nitrogens with one attached hydrogen (secondary N) is 1. The first-order chi connectivity index (χ1) is 18.9. The van der Waals surface area contributed by atoms with Crippen molar-refractivity contribution in [3.63, 3.8) is 0 Å². The maximum absolute atomic E-state index is 13.7. The van der Waals surface area contributed by atoms with Crippen molar-refractivity contribution < 1.29 is 14.3 Å². The third kappa shape index (κ3) is 5.73. The Bertz CT molecular complexity index is 1640. The fourth-order valence-corrected chi connectivity index (χ4v) is 4.73. The number of amides is 1. The van der Waals surface area contributed by atoms with Crippen LogP contribution in [-0.4, -0.2) is 16.9 Å². The highest BCUT2D eigenvalue weighted by molar-refractivity contribution is 6.10. The summed E-state index contributed by atoms with van der Waals surface area (Å²) in [4.78, 5) is 31.0. The van der Waals surface area contributed by atoms with E-state index in [1.54, 1.807) is 24.3 Å². The van der Waals surface area contributed by atoms with Gasteiger partial charge in [0.15, 0.2) is 0 Å². The summed E-state index contributed by atoms with van der Waals surface area (Å²) >= 11 is 0. The van der Waals surface area contributed by atoms with Crippen molar-refractivity contribution in [3.05, 3.63) is 131 Å². The third-order valence-corrected chi connectivity index (χ3v) is 6.74. The molecule has 0 aliphatic carbocycles. The van der Waals surface area contributed by atoms with E-state index < -0.39 is 5.97 Å². The van der Waals surface area contributed by atoms with Crippen LogP contribution in [0, 0.1) is 6.92 Å². The molecule has 0 fully saturated rings. The second kappa shape index (κ2) is 11.3. The average Bonchev–Trinajstić information content (AvgIpc) is 2.96. The fraction of sp³-hybridized carbons (Fsp3) is 0.147. The summed E-state index contributed by atoms with van der Waals surface area (Å²) < 4.78 is 5.46. The number of aryl methyl sites for hydroxylation is 1. The molecule has 5 rings (SSSR count). The summed E-state index contributed by atoms with van der Waals surface area (Å²) in [5.74, 6) is 0.0158. The molecule has 39 heavy (non-hydrogen) atoms. The zero-order valence-corrected chi connectivity index (χ0v) is 22.3. The van der Waals surface area contributed by atoms with Gasteiger partial charge in [0.25, 0.3) is 5.91 Å². The Balaban J connectivity index is 1.40. The molecular weight excluding hydrogens is 484 g/mol. The number of hydrogen-bond acceptors (Lipinski definition) is 4. The van der Waals surface area contributed by atoms with Crippen LogP contribution in [0.1, 0.15) is 57.2 Å². The van der Waals surface area contributed by atoms with Crippen molar-refractivity contribution in [2.45, 2.75) is 33.3 Å². The molecule has 5 nitrogen and oxygen atoms in total. The van der Waals surface area contributed by atoms with E-state index in [4.69, 9.17) is 4.74 Å². The van der Waals surface area contributed by atoms with Crippen molar-refractivity contribution in [2.24, 2.45) is 0 Å². The van der Waals surface area contributed by atoms with Crippen LogP contribution in [0.2, 0.25) is 0 Å². The molecule has 0 aliphatic rings. The van der Waals surface area contributed by atoms with E-state index in [0.717, 1.165) is 33.2 Å². The Morgan fingerprint density at radius 1 is 0.846 bits per heavy atom. The van der Waals surface area contributed by atoms with E-state index in [-0.39, 0.29) is 18.4 Å². The van der Waals surface area contributed by atoms with Crippen LogP contribution in [0.3, 0.4) is 0 Å². The van der Waals surface area contributed by atoms with E-state index in [0.29, 0.717) is 22.5 Å². The first-order valence-corrected chi connectivity index (χ1v) is 13.0. The van der Waals surface area contributed by atoms with Crippen LogP contribution in [0.15, 0.2) is 103 Å². The first kappa shape index (κ1) is 25.9. The molecule has 5 aromatic rings. The SMILES string of the molecule is Cc1ccc(C(C)C)c(C(=O)Nc2ccc3cc(C(=O)OCc4ccccc4)ccc3n2)c1-c1ccccc1. The fourth-order valence-electron chi connectivity index (χ4n) is 4.73. The highest BCUT2D eigenvalue weighted by Crippen LogP contribution is 2.34. The molecule has 194 valence electrons. The van der Waals surface area contributed by atoms with Gasteiger partial charge in [0.2, 0.25) is 0 Å². The normalized spacial score (nSPS) is 11.0. The summed E-state index contributed by atoms with van der Waals surface area (Å²) in [5, 5.41) is 3.80. The minimum Gasteiger partial charge on any atom is -0.457 e. The molecule has 0 bridgehead atoms. The van der Waals surface area contributed by atoms with Crippen molar-refractivity contribution in [1.82, 2.24) is 4.98 Å². The van der Waals surface area contributed by atoms with Crippen molar-refractivity contribution in [2.75, 3.05) is 5.32 Å². The number of hydrogen-bond donors (Lipinski definition) is 1. The number of rotatable bonds is 7. The van der Waals surface area contributed by atoms with Gasteiger partial charge in [0.1, 0.15) is 12.4 Å². The highest BCUT2D eigenvalue weighted by Gasteiger charge is 2.22. The van der Waals surface area contributed by atoms with Gasteiger partial charge in [-0.3, -0.25) is 4.79 Å². The minimum atomic E-state index is -0.396. The van der Waals surface area contributed by atoms with Crippen LogP contribution >= 0.6 is 0 Å². The van der Waals surface area contributed by atoms with E-state index in [9.17, 15) is 9.59 Å². The zero-order chi connectivity index (χ0) is 27.4. The molecule has 0 spiro atoms. The lowest BCUT2D eigenvalue weighted by atomic mass is 9.87. The number of nitrogens with zero attached hydrogens (tertiary/aromatic N) is 1. The molecule has 1 heterocycles. The predicted octanol–water partition coefficient (Wildman–Crippen LogP) is 7.94. The summed E-state index contributed by atoms with van der Waals surface area (Å²) in [7, 11) is 0. The summed E-state index contributed by atoms with van der Waals surface area (Å²) in [6, 6.07) is 32.5. The first-order valence-electron chi connectivity index (χ1n) is 13.0. The number of carbonyl (C=O) groups excluding carboxylic acids is 2. The van der Waals surface area contributed by atoms with E-state index in [1.807, 2.05) is 79.7 Å². The molecule has 0 atom stereocenters. The third-order valence-electron chi connectivity index (χ3n) is 6.74. The molecule has 0 saturated carbocycles. The number of benzene rings is 4. The summed E-state index contributed by atoms with van der Waals surface area (Å²) in [6.07, 6.45) is 0. The van der Waals surface area contributed by atoms with Gasteiger partial charge in [-0.15, -0.1) is 0 Å². The Morgan fingerprint density at radius 2 is 1.56 bits per heavy atom. The van der Waals surface area contributed by atoms with Gasteiger partial charge in [-0.1, -0.05) is 86.6 Å². The van der Waals surface area contributed by atoms with Gasteiger partial charge in [-0.2, -0.15) is 0 Å². The number of ether oxygens (including phenoxy) is 1. The standard InChI is InChI=1S/C34H30N2O3/c1-22(2)28-17-14-23(3)31(25-12-8-5-9-13-25)32(28)33(37)36-30-19-16-26-20-27(15-18-29(26)35-30)34(38)39-21-24-10-6-4-7-11-24/h4-20,22H,21H2,1-3H3,(H,35,36,37). The van der Waals surface area contributed by atoms with Gasteiger partial charge in [0.05, 0.1) is 16.6 Å². The number of pyridine rings is 1. The molecule has 1 N–H and O–H groups in total.